The van der Waals surface area contributed by atoms with Gasteiger partial charge in [-0.3, -0.25) is 9.59 Å². The van der Waals surface area contributed by atoms with Gasteiger partial charge in [0, 0.05) is 75.1 Å². The van der Waals surface area contributed by atoms with Gasteiger partial charge in [0.15, 0.2) is 0 Å². The second kappa shape index (κ2) is 51.7. The Bertz CT molecular complexity index is 4200. The molecule has 8 saturated heterocycles. The van der Waals surface area contributed by atoms with Gasteiger partial charge in [-0.1, -0.05) is 147 Å². The second-order valence-electron chi connectivity index (χ2n) is 36.5. The van der Waals surface area contributed by atoms with Crippen LogP contribution < -0.4 is 25.2 Å². The third-order valence-corrected chi connectivity index (χ3v) is 25.6. The minimum absolute atomic E-state index is 0. The number of epoxide rings is 2. The van der Waals surface area contributed by atoms with Gasteiger partial charge in [-0.05, 0) is 187 Å². The number of nitrogens with one attached hydrogen (secondary N) is 2. The molecule has 0 aromatic heterocycles. The van der Waals surface area contributed by atoms with Crippen LogP contribution in [0.5, 0.6) is 5.75 Å². The number of rotatable bonds is 22. The molecule has 8 heterocycles. The first-order valence-corrected chi connectivity index (χ1v) is 49.2. The topological polar surface area (TPSA) is 288 Å². The molecule has 12 rings (SSSR count). The van der Waals surface area contributed by atoms with E-state index in [0.29, 0.717) is 83.1 Å². The maximum Gasteiger partial charge on any atom is 0.0146 e. The van der Waals surface area contributed by atoms with Gasteiger partial charge in [0.1, 0.15) is 35.6 Å². The molecule has 1 aliphatic carbocycles. The molecule has 722 valence electrons. The molecule has 128 heavy (non-hydrogen) atoms. The Balaban J connectivity index is 0.000000350. The number of aryl methyl sites for hydroxylation is 6. The summed E-state index contributed by atoms with van der Waals surface area (Å²) in [4.78, 5) is 67.5. The van der Waals surface area contributed by atoms with Crippen molar-refractivity contribution >= 4 is 65.1 Å². The first-order chi connectivity index (χ1) is 58.4. The molecule has 4 N–H and O–H groups in total. The summed E-state index contributed by atoms with van der Waals surface area (Å²) in [5.74, 6) is 0.821. The van der Waals surface area contributed by atoms with E-state index in [-0.39, 0.29) is 136 Å². The van der Waals surface area contributed by atoms with Crippen LogP contribution in [0.1, 0.15) is 211 Å². The summed E-state index contributed by atoms with van der Waals surface area (Å²) in [6.07, 6.45) is 21.0. The van der Waals surface area contributed by atoms with E-state index in [1.54, 1.807) is 52.6 Å². The number of amides is 4. The number of nitrogens with zero attached hydrogens (tertiary/aromatic N) is 5. The van der Waals surface area contributed by atoms with Gasteiger partial charge in [0.25, 0.3) is 0 Å². The fourth-order valence-electron chi connectivity index (χ4n) is 17.5. The minimum atomic E-state index is -2.05. The number of hydrogen-bond acceptors (Lipinski definition) is 20. The van der Waals surface area contributed by atoms with Crippen molar-refractivity contribution < 1.29 is 95.2 Å². The molecule has 25 nitrogen and oxygen atoms in total. The zero-order chi connectivity index (χ0) is 91.3. The Morgan fingerprint density at radius 3 is 1.48 bits per heavy atom. The van der Waals surface area contributed by atoms with Crippen LogP contribution in [0.2, 0.25) is 0 Å². The van der Waals surface area contributed by atoms with Gasteiger partial charge in [-0.25, -0.2) is 9.59 Å². The molecule has 8 aliphatic heterocycles. The van der Waals surface area contributed by atoms with Crippen LogP contribution in [0.15, 0.2) is 128 Å². The number of carbonyl (C=O) groups is 4. The molecular weight excluding hydrogens is 1760 g/mol. The first-order valence-electron chi connectivity index (χ1n) is 43.7. The molecule has 3 aromatic carbocycles. The minimum Gasteiger partial charge on any atom is -0.502 e. The number of aliphatic hydroxyl groups excluding tert-OH is 2. The van der Waals surface area contributed by atoms with E-state index in [1.807, 2.05) is 54.5 Å². The Morgan fingerprint density at radius 1 is 0.648 bits per heavy atom. The van der Waals surface area contributed by atoms with Crippen LogP contribution >= 0.6 is 19.4 Å². The zero-order valence-corrected chi connectivity index (χ0v) is 80.0. The number of nitro groups is 1. The third-order valence-electron chi connectivity index (χ3n) is 23.8. The SMILES string of the molecule is C.C.C.C.C=C/C(C)=C/C[C@@H]1O[C@H](C)[C@H](NC(=O)/C=C\[C@H](C)OC(=O)N2CCOCC2)C[C@@H]1C.C=C[C@H]1OC(C)(C)C[C@@]2(CO2)[C@@H]1O.CC(/C=C/[C@H]1CC(C)(C)C[C@@]2(CO2)[C@@H]1O)=C\C[C@@H]1O[C@H](C)[C@H](NC(=O)/C=C\[C@H](C)OC(=O)N2CCOCC2)C[C@@H]1C.CC(C)Oc1ccc([N+](=O)[O-])cc1[CH]=[Ru]([Cl])[Cl].Cc1cc(C)c(N2[CH-]N(c3c(C)cc(C)cc3C)CC2)c(C)c1. The zero-order valence-electron chi connectivity index (χ0n) is 76.8. The molecule has 28 heteroatoms. The van der Waals surface area contributed by atoms with Crippen molar-refractivity contribution in [2.75, 3.05) is 88.7 Å². The predicted molar refractivity (Wildman–Crippen MR) is 514 cm³/mol. The number of benzene rings is 3. The van der Waals surface area contributed by atoms with Crippen LogP contribution in [0.25, 0.3) is 0 Å². The molecule has 9 fully saturated rings. The summed E-state index contributed by atoms with van der Waals surface area (Å²) in [5.41, 5.74) is 12.9. The predicted octanol–water partition coefficient (Wildman–Crippen LogP) is 19.2. The van der Waals surface area contributed by atoms with Crippen LogP contribution in [0.4, 0.5) is 26.7 Å². The molecule has 0 bridgehead atoms. The summed E-state index contributed by atoms with van der Waals surface area (Å²) in [6, 6.07) is 13.4. The fourth-order valence-corrected chi connectivity index (χ4v) is 19.3. The largest absolute Gasteiger partial charge is 0.502 e. The van der Waals surface area contributed by atoms with Crippen molar-refractivity contribution in [3.63, 3.8) is 0 Å². The molecule has 16 atom stereocenters. The molecule has 9 aliphatic rings. The van der Waals surface area contributed by atoms with Crippen molar-refractivity contribution in [1.82, 2.24) is 20.4 Å². The Hall–Kier alpha value is -7.17. The summed E-state index contributed by atoms with van der Waals surface area (Å²) in [7, 11) is 11.6. The summed E-state index contributed by atoms with van der Waals surface area (Å²) >= 11 is -2.05. The summed E-state index contributed by atoms with van der Waals surface area (Å²) < 4.78 is 57.6. The maximum atomic E-state index is 12.6. The first kappa shape index (κ1) is 113. The van der Waals surface area contributed by atoms with Crippen molar-refractivity contribution in [3.05, 3.63) is 183 Å². The second-order valence-corrected chi connectivity index (χ2v) is 42.2. The van der Waals surface area contributed by atoms with Gasteiger partial charge < -0.3 is 83.1 Å². The molecular formula is C100H156Cl2N7O18Ru-. The summed E-state index contributed by atoms with van der Waals surface area (Å²) in [5, 5.41) is 37.5. The monoisotopic (exact) mass is 1910 g/mol. The maximum absolute atomic E-state index is 12.6. The molecule has 4 amide bonds. The van der Waals surface area contributed by atoms with E-state index in [1.165, 1.54) is 69.0 Å². The molecule has 1 saturated carbocycles. The van der Waals surface area contributed by atoms with Gasteiger partial charge in [0.2, 0.25) is 11.8 Å². The normalized spacial score (nSPS) is 27.4. The van der Waals surface area contributed by atoms with E-state index in [9.17, 15) is 39.5 Å². The van der Waals surface area contributed by atoms with Gasteiger partial charge >= 0.3 is 125 Å². The number of anilines is 2. The average molecular weight is 1920 g/mol. The van der Waals surface area contributed by atoms with E-state index >= 15 is 0 Å². The molecule has 0 unspecified atom stereocenters. The van der Waals surface area contributed by atoms with Crippen molar-refractivity contribution in [1.29, 1.82) is 0 Å². The number of carbonyl (C=O) groups excluding carboxylic acids is 4. The van der Waals surface area contributed by atoms with E-state index < -0.39 is 49.0 Å². The van der Waals surface area contributed by atoms with Crippen molar-refractivity contribution in [3.8, 4) is 5.75 Å². The van der Waals surface area contributed by atoms with Gasteiger partial charge in [0.05, 0.1) is 87.8 Å². The number of non-ortho nitro benzene ring substituents is 1. The Morgan fingerprint density at radius 2 is 1.08 bits per heavy atom. The number of allylic oxidation sites excluding steroid dienone is 4. The van der Waals surface area contributed by atoms with E-state index in [0.717, 1.165) is 69.2 Å². The van der Waals surface area contributed by atoms with Gasteiger partial charge in [-0.15, -0.1) is 6.58 Å². The van der Waals surface area contributed by atoms with Crippen LogP contribution in [-0.4, -0.2) is 222 Å². The molecule has 2 spiro atoms. The Labute approximate surface area is 779 Å². The third kappa shape index (κ3) is 34.1. The average Bonchev–Trinajstić information content (AvgIpc) is 1.59. The number of ether oxygens (including phenoxy) is 10. The van der Waals surface area contributed by atoms with E-state index in [4.69, 9.17) is 66.8 Å². The number of nitro benzene ring substituents is 1. The quantitative estimate of drug-likeness (QED) is 0.0106. The molecule has 3 aromatic rings. The smallest absolute Gasteiger partial charge is 0.0146 e. The fraction of sp³-hybridized carbons (Fsp3) is 0.620. The van der Waals surface area contributed by atoms with Crippen LogP contribution in [0, 0.1) is 81.5 Å². The van der Waals surface area contributed by atoms with Crippen molar-refractivity contribution in [2.24, 2.45) is 23.2 Å². The number of hydrogen-bond donors (Lipinski definition) is 4. The van der Waals surface area contributed by atoms with E-state index in [2.05, 4.69) is 165 Å². The number of aliphatic hydroxyl groups is 2. The summed E-state index contributed by atoms with van der Waals surface area (Å²) in [6.45, 7) is 58.6. The number of halogens is 2. The Kier molecular flexibility index (Phi) is 45.7. The standard InChI is InChI=1S/C32H50N2O7.C23H36N2O5.C21H27N2.C10H11NO3.C10H16O3.4CH4.2ClH.Ru/c1-21(7-10-25-18-31(5,6)19-32(20-39-32)29(25)36)8-11-27-22(2)17-26(24(4)41-27)33-28(35)12-9-23(3)40-30(37)34-13-15-38-16-14-34;1-6-16(2)7-9-21-17(3)15-20(19(5)30-21)24-22(26)10-8-18(4)29-23(27)25-11-13-28-14-12-25;1-14-9-16(3)20(17(4)10-14)22-7-8-23(13-22)21-18(5)11-15(2)12-19(21)6;1-7(2)14-10-5-4-9(11(12)13)6-8(10)3;1-4-7-8(11)10(6-12-10)5-9(2,3)13-7;;;;;;;/h7-10,12,22-27,29,36H,11,13-20H2,1-6H3,(H,33,35);6-8,10,17-21H,1,9,11-15H2,2-5H3,(H,24,26);9-13H,7-8H2,1-6H3;3-7H,1-2H3;4,7-8,11H,1,5-6H2,2-3H3;4*1H4;2*1H;/q;;-1;;;;;;;;;+2/p-2/b10-7+,12-9-,21-8+;10-8-,16-7+;;;;;;;;;;/t22-,23-,24+,25-,26+,27-,29+,32+;17-,18-,19+,20+,21-;;;7-,8-,10-;;;;;;;/m00..1......./s1. The molecule has 0 radical (unpaired) electrons. The van der Waals surface area contributed by atoms with Crippen LogP contribution in [0.3, 0.4) is 0 Å². The van der Waals surface area contributed by atoms with Crippen LogP contribution in [-0.2, 0) is 65.7 Å². The van der Waals surface area contributed by atoms with Gasteiger partial charge in [-0.2, -0.15) is 6.67 Å². The number of morpholine rings is 2. The van der Waals surface area contributed by atoms with Crippen molar-refractivity contribution in [2.45, 2.75) is 303 Å².